The van der Waals surface area contributed by atoms with Crippen molar-refractivity contribution in [3.05, 3.63) is 0 Å². The maximum absolute atomic E-state index is 11.3. The Morgan fingerprint density at radius 1 is 1.00 bits per heavy atom. The fourth-order valence-corrected chi connectivity index (χ4v) is 6.97. The van der Waals surface area contributed by atoms with Gasteiger partial charge in [0, 0.05) is 6.42 Å². The molecule has 4 saturated carbocycles. The van der Waals surface area contributed by atoms with Gasteiger partial charge in [-0.3, -0.25) is 4.79 Å². The van der Waals surface area contributed by atoms with Crippen molar-refractivity contribution < 1.29 is 14.0 Å². The molecule has 0 radical (unpaired) electrons. The molecule has 3 heteroatoms. The Morgan fingerprint density at radius 3 is 2.17 bits per heavy atom. The van der Waals surface area contributed by atoms with Crippen LogP contribution in [0.5, 0.6) is 0 Å². The van der Waals surface area contributed by atoms with Crippen molar-refractivity contribution in [3.8, 4) is 0 Å². The molecule has 0 aromatic rings. The van der Waals surface area contributed by atoms with E-state index in [1.165, 1.54) is 81.9 Å². The lowest BCUT2D eigenvalue weighted by molar-refractivity contribution is -0.914. The lowest BCUT2D eigenvalue weighted by Crippen LogP contribution is -2.59. The average molecular weight is 320 g/mol. The predicted molar refractivity (Wildman–Crippen MR) is 90.8 cm³/mol. The van der Waals surface area contributed by atoms with E-state index >= 15 is 0 Å². The molecule has 0 unspecified atom stereocenters. The molecule has 23 heavy (non-hydrogen) atoms. The highest BCUT2D eigenvalue weighted by Gasteiger charge is 2.58. The summed E-state index contributed by atoms with van der Waals surface area (Å²) in [4.78, 5) is 11.3. The Morgan fingerprint density at radius 2 is 1.61 bits per heavy atom. The zero-order chi connectivity index (χ0) is 15.9. The molecule has 0 aromatic carbocycles. The van der Waals surface area contributed by atoms with Crippen molar-refractivity contribution in [2.75, 3.05) is 26.7 Å². The van der Waals surface area contributed by atoms with Crippen molar-refractivity contribution in [3.63, 3.8) is 0 Å². The molecule has 0 atom stereocenters. The van der Waals surface area contributed by atoms with Gasteiger partial charge in [0.25, 0.3) is 6.47 Å². The largest absolute Gasteiger partial charge is 0.461 e. The monoisotopic (exact) mass is 320 g/mol. The second-order valence-corrected chi connectivity index (χ2v) is 9.43. The van der Waals surface area contributed by atoms with Gasteiger partial charge in [0.05, 0.1) is 26.7 Å². The van der Waals surface area contributed by atoms with Gasteiger partial charge < -0.3 is 9.22 Å². The van der Waals surface area contributed by atoms with Crippen LogP contribution < -0.4 is 0 Å². The number of hydrogen-bond donors (Lipinski definition) is 0. The van der Waals surface area contributed by atoms with E-state index in [-0.39, 0.29) is 5.60 Å². The van der Waals surface area contributed by atoms with Gasteiger partial charge in [0.2, 0.25) is 0 Å². The van der Waals surface area contributed by atoms with E-state index < -0.39 is 0 Å². The highest BCUT2D eigenvalue weighted by molar-refractivity contribution is 5.39. The number of ether oxygens (including phenoxy) is 1. The molecule has 130 valence electrons. The lowest BCUT2D eigenvalue weighted by Gasteiger charge is -2.60. The molecule has 5 rings (SSSR count). The molecule has 1 aliphatic heterocycles. The number of quaternary nitrogens is 1. The summed E-state index contributed by atoms with van der Waals surface area (Å²) in [5.41, 5.74) is -0.0931. The Hall–Kier alpha value is -0.570. The lowest BCUT2D eigenvalue weighted by atomic mass is 9.49. The molecular weight excluding hydrogens is 286 g/mol. The van der Waals surface area contributed by atoms with Gasteiger partial charge >= 0.3 is 0 Å². The van der Waals surface area contributed by atoms with Crippen LogP contribution in [-0.2, 0) is 9.53 Å². The van der Waals surface area contributed by atoms with Crippen LogP contribution in [0.4, 0.5) is 0 Å². The van der Waals surface area contributed by atoms with Crippen molar-refractivity contribution in [2.24, 2.45) is 23.7 Å². The Labute approximate surface area is 141 Å². The first kappa shape index (κ1) is 15.9. The molecule has 0 amide bonds. The number of carbonyl (C=O) groups excluding carboxylic acids is 1. The number of carbonyl (C=O) groups is 1. The second-order valence-electron chi connectivity index (χ2n) is 9.43. The van der Waals surface area contributed by atoms with Crippen LogP contribution in [-0.4, -0.2) is 43.2 Å². The first-order valence-corrected chi connectivity index (χ1v) is 10.1. The van der Waals surface area contributed by atoms with E-state index in [1.54, 1.807) is 0 Å². The topological polar surface area (TPSA) is 26.3 Å². The van der Waals surface area contributed by atoms with Crippen LogP contribution in [0.25, 0.3) is 0 Å². The van der Waals surface area contributed by atoms with Gasteiger partial charge in [0.15, 0.2) is 0 Å². The number of nitrogens with zero attached hydrogens (tertiary/aromatic N) is 1. The van der Waals surface area contributed by atoms with Gasteiger partial charge in [-0.2, -0.15) is 0 Å². The standard InChI is InChI=1S/C20H34NO2/c1-21(7-3-2-4-8-21)9-5-6-20(23-15-22)18-11-16-10-17(13-18)14-19(20)12-16/h15-19H,2-14H2,1H3/q+1. The summed E-state index contributed by atoms with van der Waals surface area (Å²) in [7, 11) is 2.43. The molecule has 5 fully saturated rings. The number of hydrogen-bond acceptors (Lipinski definition) is 2. The second kappa shape index (κ2) is 6.06. The summed E-state index contributed by atoms with van der Waals surface area (Å²) in [5.74, 6) is 3.20. The summed E-state index contributed by atoms with van der Waals surface area (Å²) in [6, 6.07) is 0. The van der Waals surface area contributed by atoms with Crippen molar-refractivity contribution in [2.45, 2.75) is 69.8 Å². The summed E-state index contributed by atoms with van der Waals surface area (Å²) < 4.78 is 7.19. The Balaban J connectivity index is 1.42. The van der Waals surface area contributed by atoms with E-state index in [0.717, 1.165) is 24.7 Å². The molecule has 1 heterocycles. The number of rotatable bonds is 6. The van der Waals surface area contributed by atoms with Crippen molar-refractivity contribution in [1.29, 1.82) is 0 Å². The summed E-state index contributed by atoms with van der Waals surface area (Å²) >= 11 is 0. The molecule has 5 aliphatic rings. The third kappa shape index (κ3) is 2.83. The smallest absolute Gasteiger partial charge is 0.293 e. The van der Waals surface area contributed by atoms with Crippen molar-refractivity contribution >= 4 is 6.47 Å². The molecule has 0 aromatic heterocycles. The highest BCUT2D eigenvalue weighted by atomic mass is 16.5. The van der Waals surface area contributed by atoms with Crippen LogP contribution in [0.1, 0.15) is 64.2 Å². The highest BCUT2D eigenvalue weighted by Crippen LogP contribution is 2.60. The van der Waals surface area contributed by atoms with E-state index in [4.69, 9.17) is 4.74 Å². The minimum Gasteiger partial charge on any atom is -0.461 e. The predicted octanol–water partition coefficient (Wildman–Crippen LogP) is 3.77. The van der Waals surface area contributed by atoms with Crippen LogP contribution in [0.2, 0.25) is 0 Å². The zero-order valence-electron chi connectivity index (χ0n) is 14.8. The average Bonchev–Trinajstić information content (AvgIpc) is 2.52. The zero-order valence-corrected chi connectivity index (χ0v) is 14.8. The fraction of sp³-hybridized carbons (Fsp3) is 0.950. The Bertz CT molecular complexity index is 413. The van der Waals surface area contributed by atoms with Crippen LogP contribution in [0.15, 0.2) is 0 Å². The first-order valence-electron chi connectivity index (χ1n) is 10.1. The van der Waals surface area contributed by atoms with Crippen LogP contribution in [0.3, 0.4) is 0 Å². The molecule has 0 spiro atoms. The van der Waals surface area contributed by atoms with E-state index in [0.29, 0.717) is 11.8 Å². The minimum atomic E-state index is -0.0931. The fourth-order valence-electron chi connectivity index (χ4n) is 6.97. The molecule has 0 N–H and O–H groups in total. The molecule has 1 saturated heterocycles. The summed E-state index contributed by atoms with van der Waals surface area (Å²) in [6.07, 6.45) is 13.3. The van der Waals surface area contributed by atoms with Crippen LogP contribution in [0, 0.1) is 23.7 Å². The number of piperidine rings is 1. The molecule has 3 nitrogen and oxygen atoms in total. The molecule has 4 aliphatic carbocycles. The third-order valence-electron chi connectivity index (χ3n) is 7.95. The molecule has 4 bridgehead atoms. The normalized spacial score (nSPS) is 44.2. The quantitative estimate of drug-likeness (QED) is 0.550. The summed E-state index contributed by atoms with van der Waals surface area (Å²) in [5, 5.41) is 0. The Kier molecular flexibility index (Phi) is 4.19. The van der Waals surface area contributed by atoms with Crippen LogP contribution >= 0.6 is 0 Å². The van der Waals surface area contributed by atoms with Crippen molar-refractivity contribution in [1.82, 2.24) is 0 Å². The van der Waals surface area contributed by atoms with E-state index in [2.05, 4.69) is 7.05 Å². The van der Waals surface area contributed by atoms with Gasteiger partial charge in [-0.1, -0.05) is 0 Å². The van der Waals surface area contributed by atoms with Gasteiger partial charge in [-0.25, -0.2) is 0 Å². The van der Waals surface area contributed by atoms with E-state index in [1.807, 2.05) is 0 Å². The SMILES string of the molecule is C[N+]1(CCCC2(OC=O)C3CC4CC(C3)CC2C4)CCCCC1. The first-order chi connectivity index (χ1) is 11.1. The minimum absolute atomic E-state index is 0.0931. The number of likely N-dealkylation sites (tertiary alicyclic amines) is 1. The summed E-state index contributed by atoms with van der Waals surface area (Å²) in [6.45, 7) is 4.74. The van der Waals surface area contributed by atoms with E-state index in [9.17, 15) is 4.79 Å². The van der Waals surface area contributed by atoms with Gasteiger partial charge in [-0.05, 0) is 81.5 Å². The molecular formula is C20H34NO2+. The van der Waals surface area contributed by atoms with Gasteiger partial charge in [0.1, 0.15) is 5.60 Å². The maximum Gasteiger partial charge on any atom is 0.293 e. The third-order valence-corrected chi connectivity index (χ3v) is 7.95. The van der Waals surface area contributed by atoms with Gasteiger partial charge in [-0.15, -0.1) is 0 Å². The maximum atomic E-state index is 11.3.